The Bertz CT molecular complexity index is 1510. The molecule has 0 spiro atoms. The lowest BCUT2D eigenvalue weighted by atomic mass is 9.98. The van der Waals surface area contributed by atoms with Gasteiger partial charge in [0, 0.05) is 13.1 Å². The van der Waals surface area contributed by atoms with E-state index >= 15 is 0 Å². The quantitative estimate of drug-likeness (QED) is 0.478. The molecule has 0 bridgehead atoms. The normalized spacial score (nSPS) is 20.9. The zero-order valence-electron chi connectivity index (χ0n) is 20.4. The van der Waals surface area contributed by atoms with Crippen LogP contribution in [0.3, 0.4) is 0 Å². The number of carbonyl (C=O) groups is 1. The summed E-state index contributed by atoms with van der Waals surface area (Å²) in [6.07, 6.45) is 1.50. The van der Waals surface area contributed by atoms with Gasteiger partial charge in [0.05, 0.1) is 66.1 Å². The topological polar surface area (TPSA) is 157 Å². The fraction of sp³-hybridized carbons (Fsp3) is 0.417. The van der Waals surface area contributed by atoms with E-state index in [1.165, 1.54) is 10.7 Å². The van der Waals surface area contributed by atoms with Gasteiger partial charge in [-0.05, 0) is 25.5 Å². The summed E-state index contributed by atoms with van der Waals surface area (Å²) in [5.74, 6) is 0.624. The number of ether oxygens (including phenoxy) is 2. The van der Waals surface area contributed by atoms with Gasteiger partial charge in [-0.1, -0.05) is 11.6 Å². The maximum atomic E-state index is 12.5. The van der Waals surface area contributed by atoms with Crippen LogP contribution >= 0.6 is 11.6 Å². The fourth-order valence-corrected chi connectivity index (χ4v) is 5.37. The third kappa shape index (κ3) is 3.97. The largest absolute Gasteiger partial charge is 0.442 e. The molecule has 5 heterocycles. The number of amides is 1. The first-order valence-electron chi connectivity index (χ1n) is 12.2. The van der Waals surface area contributed by atoms with Crippen LogP contribution in [0.15, 0.2) is 18.3 Å². The first-order chi connectivity index (χ1) is 18.5. The van der Waals surface area contributed by atoms with Crippen molar-refractivity contribution < 1.29 is 14.3 Å². The van der Waals surface area contributed by atoms with Crippen LogP contribution in [0.5, 0.6) is 0 Å². The molecule has 0 saturated carbocycles. The highest BCUT2D eigenvalue weighted by Crippen LogP contribution is 2.39. The average Bonchev–Trinajstić information content (AvgIpc) is 3.44. The second-order valence-electron chi connectivity index (χ2n) is 9.22. The van der Waals surface area contributed by atoms with Crippen molar-refractivity contribution in [1.82, 2.24) is 24.5 Å². The lowest BCUT2D eigenvalue weighted by molar-refractivity contribution is -0.0567. The number of nitrogens with one attached hydrogen (secondary N) is 2. The van der Waals surface area contributed by atoms with E-state index in [1.54, 1.807) is 12.1 Å². The van der Waals surface area contributed by atoms with Gasteiger partial charge in [0.2, 0.25) is 5.95 Å². The summed E-state index contributed by atoms with van der Waals surface area (Å²) < 4.78 is 12.4. The number of piperidine rings is 1. The number of aromatic nitrogens is 4. The summed E-state index contributed by atoms with van der Waals surface area (Å²) in [6, 6.07) is 7.63. The summed E-state index contributed by atoms with van der Waals surface area (Å²) in [5.41, 5.74) is 2.13. The van der Waals surface area contributed by atoms with Crippen molar-refractivity contribution in [2.75, 3.05) is 48.4 Å². The van der Waals surface area contributed by atoms with Gasteiger partial charge in [-0.2, -0.15) is 20.0 Å². The lowest BCUT2D eigenvalue weighted by Gasteiger charge is -2.41. The summed E-state index contributed by atoms with van der Waals surface area (Å²) in [4.78, 5) is 25.1. The molecule has 6 rings (SSSR count). The van der Waals surface area contributed by atoms with Gasteiger partial charge in [0.1, 0.15) is 12.2 Å². The Morgan fingerprint density at radius 1 is 1.26 bits per heavy atom. The van der Waals surface area contributed by atoms with Gasteiger partial charge < -0.3 is 25.0 Å². The van der Waals surface area contributed by atoms with E-state index in [-0.39, 0.29) is 35.9 Å². The van der Waals surface area contributed by atoms with Crippen molar-refractivity contribution in [3.63, 3.8) is 0 Å². The minimum absolute atomic E-state index is 0.0164. The number of rotatable bonds is 6. The van der Waals surface area contributed by atoms with Crippen LogP contribution in [0.25, 0.3) is 5.65 Å². The van der Waals surface area contributed by atoms with Gasteiger partial charge in [-0.25, -0.2) is 9.78 Å². The number of fused-ring (bicyclic) bond motifs is 2. The number of nitriles is 2. The molecule has 3 saturated heterocycles. The van der Waals surface area contributed by atoms with E-state index in [9.17, 15) is 15.3 Å². The summed E-state index contributed by atoms with van der Waals surface area (Å²) >= 11 is 6.87. The molecule has 2 N–H and O–H groups in total. The predicted molar refractivity (Wildman–Crippen MR) is 136 cm³/mol. The second kappa shape index (κ2) is 9.52. The monoisotopic (exact) mass is 534 g/mol. The highest BCUT2D eigenvalue weighted by molar-refractivity contribution is 6.36. The van der Waals surface area contributed by atoms with Gasteiger partial charge >= 0.3 is 6.09 Å². The molecule has 1 aromatic carbocycles. The zero-order valence-corrected chi connectivity index (χ0v) is 21.1. The Balaban J connectivity index is 1.31. The highest BCUT2D eigenvalue weighted by atomic mass is 35.5. The predicted octanol–water partition coefficient (Wildman–Crippen LogP) is 2.49. The van der Waals surface area contributed by atoms with Gasteiger partial charge in [0.15, 0.2) is 17.2 Å². The molecular formula is C24H23ClN10O3. The third-order valence-electron chi connectivity index (χ3n) is 6.95. The maximum Gasteiger partial charge on any atom is 0.410 e. The molecule has 38 heavy (non-hydrogen) atoms. The van der Waals surface area contributed by atoms with E-state index in [4.69, 9.17) is 21.1 Å². The van der Waals surface area contributed by atoms with E-state index < -0.39 is 0 Å². The number of benzene rings is 1. The molecular weight excluding hydrogens is 512 g/mol. The summed E-state index contributed by atoms with van der Waals surface area (Å²) in [7, 11) is 0. The molecule has 3 aliphatic heterocycles. The van der Waals surface area contributed by atoms with Crippen molar-refractivity contribution in [3.05, 3.63) is 34.6 Å². The van der Waals surface area contributed by atoms with Crippen LogP contribution < -0.4 is 15.5 Å². The Hall–Kier alpha value is -4.33. The number of hydrogen-bond donors (Lipinski definition) is 2. The zero-order chi connectivity index (χ0) is 26.4. The minimum atomic E-state index is -0.311. The number of anilines is 4. The molecule has 3 aromatic rings. The Labute approximate surface area is 222 Å². The van der Waals surface area contributed by atoms with Crippen LogP contribution in [-0.2, 0) is 9.47 Å². The number of hydrogen-bond acceptors (Lipinski definition) is 11. The summed E-state index contributed by atoms with van der Waals surface area (Å²) in [6.45, 7) is 4.65. The number of halogens is 1. The Kier molecular flexibility index (Phi) is 6.02. The van der Waals surface area contributed by atoms with Crippen molar-refractivity contribution in [1.29, 1.82) is 10.5 Å². The van der Waals surface area contributed by atoms with Crippen molar-refractivity contribution in [3.8, 4) is 12.1 Å². The first-order valence-corrected chi connectivity index (χ1v) is 12.6. The Morgan fingerprint density at radius 2 is 2.11 bits per heavy atom. The van der Waals surface area contributed by atoms with Crippen LogP contribution in [0.2, 0.25) is 5.02 Å². The number of carbonyl (C=O) groups excluding carboxylic acids is 1. The van der Waals surface area contributed by atoms with E-state index in [2.05, 4.69) is 37.8 Å². The molecule has 13 nitrogen and oxygen atoms in total. The number of imidazole rings is 1. The van der Waals surface area contributed by atoms with Crippen LogP contribution in [-0.4, -0.2) is 81.6 Å². The smallest absolute Gasteiger partial charge is 0.410 e. The van der Waals surface area contributed by atoms with Crippen molar-refractivity contribution in [2.45, 2.75) is 31.5 Å². The maximum absolute atomic E-state index is 12.5. The molecule has 14 heteroatoms. The average molecular weight is 535 g/mol. The standard InChI is InChI=1S/C24H23ClN10O3/c1-2-28-21-22-29-9-14(8-27)35(22)32-23(31-21)30-16-5-13(7-26)6-18(20(16)25)33-4-3-17-19(10-33)38-24(36)34(17)15-11-37-12-15/h5-6,9,15,17,19H,2-4,10-12H2,1H3,(H2,28,30,31,32)/t17?,19-/m1/s1. The lowest BCUT2D eigenvalue weighted by Crippen LogP contribution is -2.57. The summed E-state index contributed by atoms with van der Waals surface area (Å²) in [5, 5.41) is 30.2. The van der Waals surface area contributed by atoms with Crippen LogP contribution in [0, 0.1) is 22.7 Å². The van der Waals surface area contributed by atoms with Gasteiger partial charge in [0.25, 0.3) is 0 Å². The molecule has 3 fully saturated rings. The molecule has 2 atom stereocenters. The fourth-order valence-electron chi connectivity index (χ4n) is 5.10. The third-order valence-corrected chi connectivity index (χ3v) is 7.35. The first kappa shape index (κ1) is 24.0. The van der Waals surface area contributed by atoms with E-state index in [0.29, 0.717) is 72.7 Å². The highest BCUT2D eigenvalue weighted by Gasteiger charge is 2.49. The van der Waals surface area contributed by atoms with E-state index in [0.717, 1.165) is 0 Å². The van der Waals surface area contributed by atoms with Crippen molar-refractivity contribution >= 4 is 46.5 Å². The molecule has 3 aliphatic rings. The molecule has 0 radical (unpaired) electrons. The SMILES string of the molecule is CCNc1nc(Nc2cc(C#N)cc(N3CCC4[C@@H](C3)OC(=O)N4C3COC3)c2Cl)nn2c(C#N)cnc12. The molecule has 0 aliphatic carbocycles. The molecule has 2 aromatic heterocycles. The minimum Gasteiger partial charge on any atom is -0.442 e. The van der Waals surface area contributed by atoms with Gasteiger partial charge in [-0.3, -0.25) is 4.90 Å². The molecule has 1 amide bonds. The second-order valence-corrected chi connectivity index (χ2v) is 9.60. The number of nitrogens with zero attached hydrogens (tertiary/aromatic N) is 8. The molecule has 1 unspecified atom stereocenters. The van der Waals surface area contributed by atoms with Crippen LogP contribution in [0.1, 0.15) is 24.6 Å². The Morgan fingerprint density at radius 3 is 2.82 bits per heavy atom. The van der Waals surface area contributed by atoms with Gasteiger partial charge in [-0.15, -0.1) is 5.10 Å². The van der Waals surface area contributed by atoms with Crippen LogP contribution in [0.4, 0.5) is 27.9 Å². The van der Waals surface area contributed by atoms with Crippen molar-refractivity contribution in [2.24, 2.45) is 0 Å². The van der Waals surface area contributed by atoms with E-state index in [1.807, 2.05) is 16.7 Å². The molecule has 194 valence electrons.